The molecule has 3 rings (SSSR count). The fourth-order valence-corrected chi connectivity index (χ4v) is 2.89. The summed E-state index contributed by atoms with van der Waals surface area (Å²) < 4.78 is 0. The number of thiol groups is 1. The molecule has 1 aromatic heterocycles. The van der Waals surface area contributed by atoms with Crippen LogP contribution in [0.25, 0.3) is 22.5 Å². The number of tetrazole rings is 1. The summed E-state index contributed by atoms with van der Waals surface area (Å²) in [7, 11) is 0. The number of hydrogen-bond acceptors (Lipinski definition) is 6. The van der Waals surface area contributed by atoms with Gasteiger partial charge < -0.3 is 10.6 Å². The second-order valence-corrected chi connectivity index (χ2v) is 6.85. The summed E-state index contributed by atoms with van der Waals surface area (Å²) in [5, 5.41) is 19.7. The lowest BCUT2D eigenvalue weighted by molar-refractivity contribution is -0.123. The van der Waals surface area contributed by atoms with Crippen LogP contribution < -0.4 is 10.6 Å². The van der Waals surface area contributed by atoms with Crippen molar-refractivity contribution in [3.63, 3.8) is 0 Å². The summed E-state index contributed by atoms with van der Waals surface area (Å²) >= 11 is 4.10. The SMILES string of the molecule is CC(CS)C(=O)NCCNC(=O)c1ccc(-c2ccccc2-c2nn[nH]n2)cc1. The Hall–Kier alpha value is -3.20. The van der Waals surface area contributed by atoms with Gasteiger partial charge in [0, 0.05) is 35.9 Å². The van der Waals surface area contributed by atoms with Gasteiger partial charge in [0.15, 0.2) is 0 Å². The van der Waals surface area contributed by atoms with Crippen molar-refractivity contribution in [1.29, 1.82) is 0 Å². The van der Waals surface area contributed by atoms with E-state index < -0.39 is 0 Å². The Balaban J connectivity index is 1.61. The lowest BCUT2D eigenvalue weighted by atomic mass is 9.98. The smallest absolute Gasteiger partial charge is 0.251 e. The van der Waals surface area contributed by atoms with Gasteiger partial charge in [-0.05, 0) is 28.5 Å². The second-order valence-electron chi connectivity index (χ2n) is 6.49. The minimum atomic E-state index is -0.195. The van der Waals surface area contributed by atoms with Crippen molar-refractivity contribution >= 4 is 24.4 Å². The van der Waals surface area contributed by atoms with Crippen molar-refractivity contribution in [2.45, 2.75) is 6.92 Å². The van der Waals surface area contributed by atoms with Crippen LogP contribution in [0.15, 0.2) is 48.5 Å². The van der Waals surface area contributed by atoms with Crippen molar-refractivity contribution in [2.24, 2.45) is 5.92 Å². The molecule has 0 aliphatic rings. The van der Waals surface area contributed by atoms with Crippen LogP contribution in [0, 0.1) is 5.92 Å². The van der Waals surface area contributed by atoms with E-state index in [1.165, 1.54) is 0 Å². The van der Waals surface area contributed by atoms with Gasteiger partial charge in [-0.1, -0.05) is 43.3 Å². The number of benzene rings is 2. The second kappa shape index (κ2) is 9.83. The predicted octanol–water partition coefficient (Wildman–Crippen LogP) is 1.95. The van der Waals surface area contributed by atoms with Gasteiger partial charge in [-0.3, -0.25) is 9.59 Å². The van der Waals surface area contributed by atoms with Gasteiger partial charge in [-0.25, -0.2) is 0 Å². The number of aromatic nitrogens is 4. The Labute approximate surface area is 173 Å². The molecule has 0 spiro atoms. The van der Waals surface area contributed by atoms with Gasteiger partial charge in [-0.2, -0.15) is 17.8 Å². The highest BCUT2D eigenvalue weighted by Crippen LogP contribution is 2.29. The summed E-state index contributed by atoms with van der Waals surface area (Å²) in [6, 6.07) is 15.0. The van der Waals surface area contributed by atoms with E-state index in [1.54, 1.807) is 19.1 Å². The summed E-state index contributed by atoms with van der Waals surface area (Å²) in [6.07, 6.45) is 0. The maximum Gasteiger partial charge on any atom is 0.251 e. The molecule has 9 heteroatoms. The van der Waals surface area contributed by atoms with E-state index in [-0.39, 0.29) is 17.7 Å². The molecule has 2 amide bonds. The average Bonchev–Trinajstić information content (AvgIpc) is 3.30. The molecule has 0 saturated heterocycles. The third-order valence-electron chi connectivity index (χ3n) is 4.40. The number of carbonyl (C=O) groups is 2. The van der Waals surface area contributed by atoms with Crippen molar-refractivity contribution in [3.8, 4) is 22.5 Å². The monoisotopic (exact) mass is 410 g/mol. The normalized spacial score (nSPS) is 11.7. The number of nitrogens with zero attached hydrogens (tertiary/aromatic N) is 3. The molecule has 0 bridgehead atoms. The van der Waals surface area contributed by atoms with E-state index in [1.807, 2.05) is 36.4 Å². The Bertz CT molecular complexity index is 959. The molecule has 2 aromatic carbocycles. The fraction of sp³-hybridized carbons (Fsp3) is 0.250. The van der Waals surface area contributed by atoms with E-state index in [0.29, 0.717) is 30.2 Å². The standard InChI is InChI=1S/C20H22N6O2S/c1-13(12-29)19(27)21-10-11-22-20(28)15-8-6-14(7-9-15)16-4-2-3-5-17(16)18-23-25-26-24-18/h2-9,13,29H,10-12H2,1H3,(H,21,27)(H,22,28)(H,23,24,25,26). The number of H-pyrrole nitrogens is 1. The van der Waals surface area contributed by atoms with Crippen LogP contribution in [-0.4, -0.2) is 51.3 Å². The number of rotatable bonds is 8. The van der Waals surface area contributed by atoms with Crippen LogP contribution in [0.3, 0.4) is 0 Å². The van der Waals surface area contributed by atoms with Crippen LogP contribution in [0.1, 0.15) is 17.3 Å². The zero-order valence-corrected chi connectivity index (χ0v) is 16.8. The Morgan fingerprint density at radius 3 is 2.38 bits per heavy atom. The zero-order chi connectivity index (χ0) is 20.6. The highest BCUT2D eigenvalue weighted by atomic mass is 32.1. The quantitative estimate of drug-likeness (QED) is 0.335. The number of aromatic amines is 1. The van der Waals surface area contributed by atoms with Crippen molar-refractivity contribution in [3.05, 3.63) is 54.1 Å². The first kappa shape index (κ1) is 20.5. The first-order valence-electron chi connectivity index (χ1n) is 9.20. The molecular weight excluding hydrogens is 388 g/mol. The van der Waals surface area contributed by atoms with Gasteiger partial charge in [0.1, 0.15) is 0 Å². The molecule has 0 aliphatic carbocycles. The molecule has 29 heavy (non-hydrogen) atoms. The first-order valence-corrected chi connectivity index (χ1v) is 9.83. The van der Waals surface area contributed by atoms with E-state index in [0.717, 1.165) is 16.7 Å². The minimum Gasteiger partial charge on any atom is -0.354 e. The summed E-state index contributed by atoms with van der Waals surface area (Å²) in [5.41, 5.74) is 3.28. The predicted molar refractivity (Wildman–Crippen MR) is 113 cm³/mol. The van der Waals surface area contributed by atoms with Crippen LogP contribution >= 0.6 is 12.6 Å². The minimum absolute atomic E-state index is 0.0705. The molecule has 3 N–H and O–H groups in total. The van der Waals surface area contributed by atoms with Crippen LogP contribution in [0.2, 0.25) is 0 Å². The van der Waals surface area contributed by atoms with E-state index in [2.05, 4.69) is 43.9 Å². The van der Waals surface area contributed by atoms with Crippen molar-refractivity contribution in [1.82, 2.24) is 31.3 Å². The number of nitrogens with one attached hydrogen (secondary N) is 3. The molecule has 0 fully saturated rings. The summed E-state index contributed by atoms with van der Waals surface area (Å²) in [6.45, 7) is 2.53. The van der Waals surface area contributed by atoms with Crippen LogP contribution in [-0.2, 0) is 4.79 Å². The molecule has 1 unspecified atom stereocenters. The molecule has 1 heterocycles. The van der Waals surface area contributed by atoms with Crippen LogP contribution in [0.5, 0.6) is 0 Å². The third-order valence-corrected chi connectivity index (χ3v) is 4.95. The van der Waals surface area contributed by atoms with Gasteiger partial charge in [0.25, 0.3) is 5.91 Å². The maximum atomic E-state index is 12.3. The molecule has 8 nitrogen and oxygen atoms in total. The Kier molecular flexibility index (Phi) is 6.96. The van der Waals surface area contributed by atoms with E-state index in [9.17, 15) is 9.59 Å². The van der Waals surface area contributed by atoms with Gasteiger partial charge in [-0.15, -0.1) is 10.2 Å². The van der Waals surface area contributed by atoms with Gasteiger partial charge in [0.05, 0.1) is 0 Å². The summed E-state index contributed by atoms with van der Waals surface area (Å²) in [5.74, 6) is 0.576. The molecule has 1 atom stereocenters. The lowest BCUT2D eigenvalue weighted by Crippen LogP contribution is -2.37. The van der Waals surface area contributed by atoms with Gasteiger partial charge in [0.2, 0.25) is 11.7 Å². The number of carbonyl (C=O) groups excluding carboxylic acids is 2. The average molecular weight is 411 g/mol. The third kappa shape index (κ3) is 5.20. The van der Waals surface area contributed by atoms with Crippen LogP contribution in [0.4, 0.5) is 0 Å². The van der Waals surface area contributed by atoms with E-state index >= 15 is 0 Å². The molecular formula is C20H22N6O2S. The first-order chi connectivity index (χ1) is 14.1. The van der Waals surface area contributed by atoms with E-state index in [4.69, 9.17) is 0 Å². The lowest BCUT2D eigenvalue weighted by Gasteiger charge is -2.11. The highest BCUT2D eigenvalue weighted by Gasteiger charge is 2.12. The number of amides is 2. The number of hydrogen-bond donors (Lipinski definition) is 4. The Morgan fingerprint density at radius 1 is 1.03 bits per heavy atom. The molecule has 0 saturated carbocycles. The topological polar surface area (TPSA) is 113 Å². The maximum absolute atomic E-state index is 12.3. The van der Waals surface area contributed by atoms with Crippen molar-refractivity contribution < 1.29 is 9.59 Å². The Morgan fingerprint density at radius 2 is 1.72 bits per heavy atom. The van der Waals surface area contributed by atoms with Crippen molar-refractivity contribution in [2.75, 3.05) is 18.8 Å². The highest BCUT2D eigenvalue weighted by molar-refractivity contribution is 7.80. The van der Waals surface area contributed by atoms with Gasteiger partial charge >= 0.3 is 0 Å². The largest absolute Gasteiger partial charge is 0.354 e. The molecule has 150 valence electrons. The molecule has 3 aromatic rings. The summed E-state index contributed by atoms with van der Waals surface area (Å²) in [4.78, 5) is 24.0. The molecule has 0 aliphatic heterocycles. The zero-order valence-electron chi connectivity index (χ0n) is 15.9. The molecule has 0 radical (unpaired) electrons. The fourth-order valence-electron chi connectivity index (χ4n) is 2.73.